The molecule has 25 heavy (non-hydrogen) atoms. The summed E-state index contributed by atoms with van der Waals surface area (Å²) in [6, 6.07) is 13.0. The summed E-state index contributed by atoms with van der Waals surface area (Å²) in [5.41, 5.74) is 1.47. The Labute approximate surface area is 143 Å². The molecule has 3 rings (SSSR count). The Kier molecular flexibility index (Phi) is 4.56. The quantitative estimate of drug-likeness (QED) is 0.682. The molecule has 0 radical (unpaired) electrons. The van der Waals surface area contributed by atoms with Gasteiger partial charge in [0.15, 0.2) is 5.69 Å². The molecule has 6 nitrogen and oxygen atoms in total. The molecular weight excluding hydrogens is 323 g/mol. The molecule has 1 heterocycles. The largest absolute Gasteiger partial charge is 0.340 e. The zero-order valence-electron chi connectivity index (χ0n) is 13.3. The van der Waals surface area contributed by atoms with Crippen LogP contribution in [-0.4, -0.2) is 21.8 Å². The molecule has 2 amide bonds. The number of imidazole rings is 1. The number of anilines is 2. The van der Waals surface area contributed by atoms with Crippen LogP contribution in [0.4, 0.5) is 15.8 Å². The van der Waals surface area contributed by atoms with Crippen LogP contribution in [0.3, 0.4) is 0 Å². The van der Waals surface area contributed by atoms with Crippen molar-refractivity contribution in [1.29, 1.82) is 0 Å². The normalized spacial score (nSPS) is 10.3. The van der Waals surface area contributed by atoms with E-state index in [4.69, 9.17) is 0 Å². The van der Waals surface area contributed by atoms with Crippen LogP contribution in [0.1, 0.15) is 26.5 Å². The van der Waals surface area contributed by atoms with E-state index in [9.17, 15) is 14.0 Å². The molecular formula is C18H15FN4O2. The Morgan fingerprint density at radius 3 is 2.60 bits per heavy atom. The van der Waals surface area contributed by atoms with Crippen LogP contribution in [0.15, 0.2) is 54.9 Å². The molecule has 2 aromatic carbocycles. The highest BCUT2D eigenvalue weighted by Crippen LogP contribution is 2.16. The van der Waals surface area contributed by atoms with Crippen molar-refractivity contribution in [2.45, 2.75) is 6.92 Å². The highest BCUT2D eigenvalue weighted by Gasteiger charge is 2.21. The summed E-state index contributed by atoms with van der Waals surface area (Å²) >= 11 is 0. The standard InChI is InChI=1S/C18H15FN4O2/c1-11-5-4-6-12(9-11)22-17(24)15-16(21-10-20-15)18(25)23-14-8-3-2-7-13(14)19/h2-10H,1H3,(H,20,21)(H,22,24)(H,23,25). The third-order valence-corrected chi connectivity index (χ3v) is 3.48. The van der Waals surface area contributed by atoms with Crippen molar-refractivity contribution in [2.24, 2.45) is 0 Å². The smallest absolute Gasteiger partial charge is 0.276 e. The van der Waals surface area contributed by atoms with Gasteiger partial charge in [-0.05, 0) is 36.8 Å². The Morgan fingerprint density at radius 1 is 1.04 bits per heavy atom. The van der Waals surface area contributed by atoms with E-state index in [2.05, 4.69) is 20.6 Å². The molecule has 126 valence electrons. The van der Waals surface area contributed by atoms with Gasteiger partial charge in [-0.1, -0.05) is 24.3 Å². The van der Waals surface area contributed by atoms with Crippen LogP contribution in [-0.2, 0) is 0 Å². The van der Waals surface area contributed by atoms with Crippen LogP contribution in [0.2, 0.25) is 0 Å². The molecule has 0 aliphatic carbocycles. The fraction of sp³-hybridized carbons (Fsp3) is 0.0556. The lowest BCUT2D eigenvalue weighted by molar-refractivity contribution is 0.0985. The van der Waals surface area contributed by atoms with Gasteiger partial charge >= 0.3 is 0 Å². The van der Waals surface area contributed by atoms with Crippen LogP contribution < -0.4 is 10.6 Å². The van der Waals surface area contributed by atoms with E-state index in [1.807, 2.05) is 13.0 Å². The van der Waals surface area contributed by atoms with Gasteiger partial charge < -0.3 is 15.6 Å². The SMILES string of the molecule is Cc1cccc(NC(=O)c2nc[nH]c2C(=O)Nc2ccccc2F)c1. The summed E-state index contributed by atoms with van der Waals surface area (Å²) in [6.45, 7) is 1.90. The van der Waals surface area contributed by atoms with E-state index in [1.54, 1.807) is 24.3 Å². The minimum atomic E-state index is -0.656. The average Bonchev–Trinajstić information content (AvgIpc) is 3.07. The summed E-state index contributed by atoms with van der Waals surface area (Å²) in [5.74, 6) is -1.76. The predicted octanol–water partition coefficient (Wildman–Crippen LogP) is 3.36. The van der Waals surface area contributed by atoms with Gasteiger partial charge in [-0.2, -0.15) is 0 Å². The minimum absolute atomic E-state index is 0.0205. The third-order valence-electron chi connectivity index (χ3n) is 3.48. The van der Waals surface area contributed by atoms with Crippen LogP contribution in [0, 0.1) is 12.7 Å². The van der Waals surface area contributed by atoms with Crippen molar-refractivity contribution in [3.8, 4) is 0 Å². The molecule has 1 aromatic heterocycles. The van der Waals surface area contributed by atoms with Crippen molar-refractivity contribution < 1.29 is 14.0 Å². The van der Waals surface area contributed by atoms with E-state index in [-0.39, 0.29) is 17.1 Å². The lowest BCUT2D eigenvalue weighted by Gasteiger charge is -2.07. The van der Waals surface area contributed by atoms with Gasteiger partial charge in [0.1, 0.15) is 11.5 Å². The van der Waals surface area contributed by atoms with Crippen molar-refractivity contribution in [3.05, 3.63) is 77.6 Å². The van der Waals surface area contributed by atoms with E-state index >= 15 is 0 Å². The van der Waals surface area contributed by atoms with E-state index in [0.29, 0.717) is 5.69 Å². The highest BCUT2D eigenvalue weighted by atomic mass is 19.1. The van der Waals surface area contributed by atoms with Gasteiger partial charge in [0, 0.05) is 5.69 Å². The fourth-order valence-electron chi connectivity index (χ4n) is 2.30. The zero-order chi connectivity index (χ0) is 17.8. The lowest BCUT2D eigenvalue weighted by atomic mass is 10.2. The van der Waals surface area contributed by atoms with Gasteiger partial charge in [0.2, 0.25) is 0 Å². The van der Waals surface area contributed by atoms with E-state index in [0.717, 1.165) is 5.56 Å². The summed E-state index contributed by atoms with van der Waals surface area (Å²) in [7, 11) is 0. The molecule has 0 spiro atoms. The first kappa shape index (κ1) is 16.4. The molecule has 0 unspecified atom stereocenters. The number of rotatable bonds is 4. The third kappa shape index (κ3) is 3.72. The number of para-hydroxylation sites is 1. The average molecular weight is 338 g/mol. The second kappa shape index (κ2) is 6.96. The molecule has 7 heteroatoms. The minimum Gasteiger partial charge on any atom is -0.340 e. The number of carbonyl (C=O) groups is 2. The first-order valence-corrected chi connectivity index (χ1v) is 7.52. The number of aromatic amines is 1. The molecule has 0 saturated carbocycles. The maximum Gasteiger partial charge on any atom is 0.276 e. The maximum atomic E-state index is 13.7. The number of aryl methyl sites for hydroxylation is 1. The number of nitrogens with one attached hydrogen (secondary N) is 3. The van der Waals surface area contributed by atoms with Crippen LogP contribution >= 0.6 is 0 Å². The van der Waals surface area contributed by atoms with Gasteiger partial charge in [-0.25, -0.2) is 9.37 Å². The number of nitrogens with zero attached hydrogens (tertiary/aromatic N) is 1. The second-order valence-corrected chi connectivity index (χ2v) is 5.38. The Morgan fingerprint density at radius 2 is 1.84 bits per heavy atom. The monoisotopic (exact) mass is 338 g/mol. The van der Waals surface area contributed by atoms with Gasteiger partial charge in [-0.15, -0.1) is 0 Å². The van der Waals surface area contributed by atoms with Crippen molar-refractivity contribution in [3.63, 3.8) is 0 Å². The molecule has 0 aliphatic heterocycles. The topological polar surface area (TPSA) is 86.9 Å². The number of hydrogen-bond acceptors (Lipinski definition) is 3. The Hall–Kier alpha value is -3.48. The number of hydrogen-bond donors (Lipinski definition) is 3. The maximum absolute atomic E-state index is 13.7. The van der Waals surface area contributed by atoms with Gasteiger partial charge in [0.25, 0.3) is 11.8 Å². The number of carbonyl (C=O) groups excluding carboxylic acids is 2. The highest BCUT2D eigenvalue weighted by molar-refractivity contribution is 6.13. The van der Waals surface area contributed by atoms with Gasteiger partial charge in [0.05, 0.1) is 12.0 Å². The van der Waals surface area contributed by atoms with Crippen molar-refractivity contribution >= 4 is 23.2 Å². The molecule has 0 fully saturated rings. The first-order chi connectivity index (χ1) is 12.0. The van der Waals surface area contributed by atoms with Crippen molar-refractivity contribution in [1.82, 2.24) is 9.97 Å². The van der Waals surface area contributed by atoms with E-state index in [1.165, 1.54) is 24.5 Å². The van der Waals surface area contributed by atoms with Crippen LogP contribution in [0.5, 0.6) is 0 Å². The summed E-state index contributed by atoms with van der Waals surface area (Å²) < 4.78 is 13.7. The van der Waals surface area contributed by atoms with Gasteiger partial charge in [-0.3, -0.25) is 9.59 Å². The van der Waals surface area contributed by atoms with E-state index < -0.39 is 17.6 Å². The summed E-state index contributed by atoms with van der Waals surface area (Å²) in [5, 5.41) is 5.10. The zero-order valence-corrected chi connectivity index (χ0v) is 13.3. The second-order valence-electron chi connectivity index (χ2n) is 5.38. The predicted molar refractivity (Wildman–Crippen MR) is 92.1 cm³/mol. The number of H-pyrrole nitrogens is 1. The molecule has 0 atom stereocenters. The summed E-state index contributed by atoms with van der Waals surface area (Å²) in [4.78, 5) is 31.2. The lowest BCUT2D eigenvalue weighted by Crippen LogP contribution is -2.20. The molecule has 3 aromatic rings. The number of aromatic nitrogens is 2. The Bertz CT molecular complexity index is 936. The molecule has 0 saturated heterocycles. The molecule has 0 aliphatic rings. The van der Waals surface area contributed by atoms with Crippen molar-refractivity contribution in [2.75, 3.05) is 10.6 Å². The first-order valence-electron chi connectivity index (χ1n) is 7.52. The molecule has 3 N–H and O–H groups in total. The fourth-order valence-corrected chi connectivity index (χ4v) is 2.30. The Balaban J connectivity index is 1.79. The van der Waals surface area contributed by atoms with Crippen LogP contribution in [0.25, 0.3) is 0 Å². The number of amides is 2. The summed E-state index contributed by atoms with van der Waals surface area (Å²) in [6.07, 6.45) is 1.24. The number of benzene rings is 2. The molecule has 0 bridgehead atoms. The number of halogens is 1.